The van der Waals surface area contributed by atoms with E-state index in [0.29, 0.717) is 16.8 Å². The van der Waals surface area contributed by atoms with Gasteiger partial charge in [0, 0.05) is 11.8 Å². The van der Waals surface area contributed by atoms with Crippen LogP contribution in [0.2, 0.25) is 0 Å². The van der Waals surface area contributed by atoms with Crippen molar-refractivity contribution in [1.29, 1.82) is 0 Å². The highest BCUT2D eigenvalue weighted by molar-refractivity contribution is 6.46. The monoisotopic (exact) mass is 456 g/mol. The van der Waals surface area contributed by atoms with Crippen LogP contribution in [0.3, 0.4) is 0 Å². The van der Waals surface area contributed by atoms with Gasteiger partial charge in [-0.3, -0.25) is 14.6 Å². The largest absolute Gasteiger partial charge is 0.508 e. The highest BCUT2D eigenvalue weighted by atomic mass is 16.3. The molecular formula is C28H28N2O4. The number of aryl methyl sites for hydroxylation is 1. The lowest BCUT2D eigenvalue weighted by molar-refractivity contribution is -0.140. The number of amides is 1. The van der Waals surface area contributed by atoms with Crippen LogP contribution in [0.1, 0.15) is 54.8 Å². The minimum atomic E-state index is -0.819. The van der Waals surface area contributed by atoms with Crippen LogP contribution >= 0.6 is 0 Å². The molecule has 0 bridgehead atoms. The molecule has 1 aliphatic heterocycles. The van der Waals surface area contributed by atoms with Crippen LogP contribution in [0, 0.1) is 6.92 Å². The van der Waals surface area contributed by atoms with Crippen molar-refractivity contribution in [2.45, 2.75) is 45.7 Å². The molecule has 34 heavy (non-hydrogen) atoms. The molecule has 1 atom stereocenters. The molecule has 0 radical (unpaired) electrons. The van der Waals surface area contributed by atoms with Crippen molar-refractivity contribution in [3.8, 4) is 5.75 Å². The van der Waals surface area contributed by atoms with E-state index >= 15 is 0 Å². The summed E-state index contributed by atoms with van der Waals surface area (Å²) in [7, 11) is 0. The van der Waals surface area contributed by atoms with Gasteiger partial charge in [-0.1, -0.05) is 51.1 Å². The van der Waals surface area contributed by atoms with Gasteiger partial charge in [0.05, 0.1) is 23.9 Å². The number of likely N-dealkylation sites (tertiary alicyclic amines) is 1. The fourth-order valence-corrected chi connectivity index (χ4v) is 4.20. The topological polar surface area (TPSA) is 90.7 Å². The molecule has 1 saturated heterocycles. The van der Waals surface area contributed by atoms with Gasteiger partial charge in [0.15, 0.2) is 0 Å². The smallest absolute Gasteiger partial charge is 0.296 e. The molecule has 0 spiro atoms. The summed E-state index contributed by atoms with van der Waals surface area (Å²) in [5.74, 6) is -1.58. The third kappa shape index (κ3) is 4.31. The minimum absolute atomic E-state index is 0.0285. The lowest BCUT2D eigenvalue weighted by Crippen LogP contribution is -2.29. The zero-order valence-electron chi connectivity index (χ0n) is 19.7. The van der Waals surface area contributed by atoms with Crippen LogP contribution in [-0.4, -0.2) is 31.8 Å². The van der Waals surface area contributed by atoms with Crippen molar-refractivity contribution in [2.75, 3.05) is 0 Å². The van der Waals surface area contributed by atoms with E-state index in [1.165, 1.54) is 17.0 Å². The van der Waals surface area contributed by atoms with Gasteiger partial charge in [-0.25, -0.2) is 0 Å². The number of carbonyl (C=O) groups is 2. The molecule has 1 unspecified atom stereocenters. The van der Waals surface area contributed by atoms with Crippen LogP contribution < -0.4 is 0 Å². The van der Waals surface area contributed by atoms with Crippen molar-refractivity contribution in [2.24, 2.45) is 0 Å². The number of benzene rings is 2. The number of aromatic nitrogens is 1. The summed E-state index contributed by atoms with van der Waals surface area (Å²) < 4.78 is 0. The third-order valence-corrected chi connectivity index (χ3v) is 6.17. The number of hydrogen-bond acceptors (Lipinski definition) is 5. The standard InChI is InChI=1S/C28H28N2O4/c1-17-8-11-19(28(2,3)4)15-22(17)25(32)23-24(18-9-12-21(31)13-10-18)30(27(34)26(23)33)16-20-7-5-6-14-29-20/h5-15,24,31-32H,16H2,1-4H3/b25-23+. The van der Waals surface area contributed by atoms with Crippen LogP contribution in [0.15, 0.2) is 72.4 Å². The number of ketones is 1. The van der Waals surface area contributed by atoms with Gasteiger partial charge in [-0.05, 0) is 59.4 Å². The van der Waals surface area contributed by atoms with Crippen LogP contribution in [0.5, 0.6) is 5.75 Å². The number of Topliss-reactive ketones (excluding diaryl/α,β-unsaturated/α-hetero) is 1. The van der Waals surface area contributed by atoms with Gasteiger partial charge < -0.3 is 15.1 Å². The summed E-state index contributed by atoms with van der Waals surface area (Å²) in [6.07, 6.45) is 1.63. The summed E-state index contributed by atoms with van der Waals surface area (Å²) in [6, 6.07) is 16.7. The molecule has 1 fully saturated rings. The molecule has 6 nitrogen and oxygen atoms in total. The van der Waals surface area contributed by atoms with Gasteiger partial charge in [-0.15, -0.1) is 0 Å². The summed E-state index contributed by atoms with van der Waals surface area (Å²) in [5.41, 5.74) is 3.42. The second-order valence-electron chi connectivity index (χ2n) is 9.62. The van der Waals surface area contributed by atoms with E-state index in [4.69, 9.17) is 0 Å². The summed E-state index contributed by atoms with van der Waals surface area (Å²) >= 11 is 0. The SMILES string of the molecule is Cc1ccc(C(C)(C)C)cc1/C(O)=C1\C(=O)C(=O)N(Cc2ccccn2)C1c1ccc(O)cc1. The first-order chi connectivity index (χ1) is 16.1. The number of aliphatic hydroxyl groups is 1. The average molecular weight is 457 g/mol. The Morgan fingerprint density at radius 2 is 1.74 bits per heavy atom. The first-order valence-corrected chi connectivity index (χ1v) is 11.2. The Balaban J connectivity index is 1.91. The molecule has 4 rings (SSSR count). The number of carbonyl (C=O) groups excluding carboxylic acids is 2. The molecule has 2 aromatic carbocycles. The summed E-state index contributed by atoms with van der Waals surface area (Å²) in [6.45, 7) is 8.19. The maximum atomic E-state index is 13.3. The molecule has 0 saturated carbocycles. The fourth-order valence-electron chi connectivity index (χ4n) is 4.20. The Labute approximate surface area is 199 Å². The number of aromatic hydroxyl groups is 1. The predicted octanol–water partition coefficient (Wildman–Crippen LogP) is 5.02. The zero-order chi connectivity index (χ0) is 24.6. The second-order valence-corrected chi connectivity index (χ2v) is 9.62. The van der Waals surface area contributed by atoms with E-state index in [9.17, 15) is 19.8 Å². The summed E-state index contributed by atoms with van der Waals surface area (Å²) in [5, 5.41) is 21.2. The second kappa shape index (κ2) is 8.78. The molecule has 174 valence electrons. The van der Waals surface area contributed by atoms with Crippen molar-refractivity contribution in [3.05, 3.63) is 100 Å². The fraction of sp³-hybridized carbons (Fsp3) is 0.250. The van der Waals surface area contributed by atoms with E-state index < -0.39 is 17.7 Å². The number of aliphatic hydroxyl groups excluding tert-OH is 1. The Morgan fingerprint density at radius 3 is 2.35 bits per heavy atom. The minimum Gasteiger partial charge on any atom is -0.508 e. The molecule has 3 aromatic rings. The molecule has 1 aromatic heterocycles. The third-order valence-electron chi connectivity index (χ3n) is 6.17. The highest BCUT2D eigenvalue weighted by Crippen LogP contribution is 2.41. The molecule has 2 N–H and O–H groups in total. The predicted molar refractivity (Wildman–Crippen MR) is 130 cm³/mol. The summed E-state index contributed by atoms with van der Waals surface area (Å²) in [4.78, 5) is 32.2. The molecule has 0 aliphatic carbocycles. The molecular weight excluding hydrogens is 428 g/mol. The number of phenolic OH excluding ortho intramolecular Hbond substituents is 1. The Hall–Kier alpha value is -3.93. The van der Waals surface area contributed by atoms with E-state index in [1.807, 2.05) is 31.2 Å². The highest BCUT2D eigenvalue weighted by Gasteiger charge is 2.46. The number of hydrogen-bond donors (Lipinski definition) is 2. The maximum Gasteiger partial charge on any atom is 0.296 e. The molecule has 1 amide bonds. The van der Waals surface area contributed by atoms with E-state index in [1.54, 1.807) is 30.5 Å². The van der Waals surface area contributed by atoms with Gasteiger partial charge >= 0.3 is 0 Å². The Morgan fingerprint density at radius 1 is 1.03 bits per heavy atom. The lowest BCUT2D eigenvalue weighted by atomic mass is 9.84. The van der Waals surface area contributed by atoms with Crippen molar-refractivity contribution >= 4 is 17.4 Å². The quantitative estimate of drug-likeness (QED) is 0.327. The van der Waals surface area contributed by atoms with Crippen LogP contribution in [0.25, 0.3) is 5.76 Å². The molecule has 1 aliphatic rings. The first-order valence-electron chi connectivity index (χ1n) is 11.2. The van der Waals surface area contributed by atoms with Gasteiger partial charge in [0.2, 0.25) is 0 Å². The Bertz CT molecular complexity index is 1270. The van der Waals surface area contributed by atoms with Crippen LogP contribution in [0.4, 0.5) is 0 Å². The van der Waals surface area contributed by atoms with Crippen molar-refractivity contribution in [1.82, 2.24) is 9.88 Å². The van der Waals surface area contributed by atoms with Crippen LogP contribution in [-0.2, 0) is 21.5 Å². The van der Waals surface area contributed by atoms with E-state index in [-0.39, 0.29) is 29.0 Å². The maximum absolute atomic E-state index is 13.3. The molecule has 6 heteroatoms. The zero-order valence-corrected chi connectivity index (χ0v) is 19.7. The number of phenols is 1. The van der Waals surface area contributed by atoms with Gasteiger partial charge in [0.25, 0.3) is 11.7 Å². The number of rotatable bonds is 4. The van der Waals surface area contributed by atoms with E-state index in [2.05, 4.69) is 25.8 Å². The number of pyridine rings is 1. The van der Waals surface area contributed by atoms with Crippen molar-refractivity contribution in [3.63, 3.8) is 0 Å². The first kappa shape index (κ1) is 23.2. The van der Waals surface area contributed by atoms with Gasteiger partial charge in [0.1, 0.15) is 11.5 Å². The Kier molecular flexibility index (Phi) is 6.00. The normalized spacial score (nSPS) is 17.9. The molecule has 2 heterocycles. The van der Waals surface area contributed by atoms with Crippen molar-refractivity contribution < 1.29 is 19.8 Å². The number of nitrogens with zero attached hydrogens (tertiary/aromatic N) is 2. The van der Waals surface area contributed by atoms with E-state index in [0.717, 1.165) is 11.1 Å². The lowest BCUT2D eigenvalue weighted by Gasteiger charge is -2.25. The average Bonchev–Trinajstić information content (AvgIpc) is 3.04. The van der Waals surface area contributed by atoms with Gasteiger partial charge in [-0.2, -0.15) is 0 Å².